The molecule has 6 heteroatoms. The van der Waals surface area contributed by atoms with Crippen molar-refractivity contribution < 1.29 is 17.9 Å². The molecule has 0 fully saturated rings. The van der Waals surface area contributed by atoms with Crippen molar-refractivity contribution in [2.75, 3.05) is 6.61 Å². The molecule has 0 amide bonds. The molecule has 1 rings (SSSR count). The minimum Gasteiger partial charge on any atom is -0.465 e. The van der Waals surface area contributed by atoms with Crippen LogP contribution in [0.15, 0.2) is 29.2 Å². The van der Waals surface area contributed by atoms with Crippen LogP contribution in [-0.2, 0) is 19.6 Å². The number of nitrogens with one attached hydrogen (secondary N) is 1. The zero-order valence-electron chi connectivity index (χ0n) is 12.9. The summed E-state index contributed by atoms with van der Waals surface area (Å²) in [6, 6.07) is 5.62. The summed E-state index contributed by atoms with van der Waals surface area (Å²) in [6.45, 7) is 7.64. The summed E-state index contributed by atoms with van der Waals surface area (Å²) < 4.78 is 32.0. The highest BCUT2D eigenvalue weighted by Gasteiger charge is 2.27. The van der Waals surface area contributed by atoms with Crippen LogP contribution in [0.2, 0.25) is 0 Å². The molecule has 0 unspecified atom stereocenters. The lowest BCUT2D eigenvalue weighted by Crippen LogP contribution is -2.42. The van der Waals surface area contributed by atoms with Crippen LogP contribution in [-0.4, -0.2) is 27.0 Å². The zero-order valence-corrected chi connectivity index (χ0v) is 13.7. The highest BCUT2D eigenvalue weighted by molar-refractivity contribution is 7.89. The number of hydrogen-bond acceptors (Lipinski definition) is 4. The number of benzene rings is 1. The third kappa shape index (κ3) is 5.47. The molecule has 0 aliphatic carbocycles. The van der Waals surface area contributed by atoms with Crippen molar-refractivity contribution in [2.24, 2.45) is 5.92 Å². The summed E-state index contributed by atoms with van der Waals surface area (Å²) in [7, 11) is -3.74. The van der Waals surface area contributed by atoms with Crippen LogP contribution in [0.5, 0.6) is 0 Å². The lowest BCUT2D eigenvalue weighted by atomic mass is 10.1. The molecule has 0 bridgehead atoms. The number of sulfonamides is 1. The van der Waals surface area contributed by atoms with Gasteiger partial charge in [-0.15, -0.1) is 0 Å². The van der Waals surface area contributed by atoms with Crippen LogP contribution in [0.3, 0.4) is 0 Å². The van der Waals surface area contributed by atoms with Gasteiger partial charge in [0.05, 0.1) is 11.5 Å². The van der Waals surface area contributed by atoms with E-state index < -0.39 is 22.0 Å². The smallest absolute Gasteiger partial charge is 0.324 e. The number of hydrogen-bond donors (Lipinski definition) is 1. The molecular formula is C15H23NO4S. The number of carbonyl (C=O) groups is 1. The van der Waals surface area contributed by atoms with E-state index in [1.807, 2.05) is 20.8 Å². The third-order valence-electron chi connectivity index (χ3n) is 2.91. The Morgan fingerprint density at radius 3 is 2.29 bits per heavy atom. The van der Waals surface area contributed by atoms with E-state index in [-0.39, 0.29) is 17.4 Å². The predicted octanol–water partition coefficient (Wildman–Crippen LogP) is 2.25. The average Bonchev–Trinajstić information content (AvgIpc) is 2.38. The van der Waals surface area contributed by atoms with Crippen LogP contribution in [0.25, 0.3) is 0 Å². The van der Waals surface area contributed by atoms with Gasteiger partial charge in [-0.1, -0.05) is 31.5 Å². The van der Waals surface area contributed by atoms with Gasteiger partial charge in [-0.05, 0) is 38.3 Å². The fourth-order valence-electron chi connectivity index (χ4n) is 1.88. The molecule has 0 spiro atoms. The first-order valence-electron chi connectivity index (χ1n) is 7.02. The van der Waals surface area contributed by atoms with Gasteiger partial charge in [0.2, 0.25) is 10.0 Å². The first-order valence-corrected chi connectivity index (χ1v) is 8.50. The largest absolute Gasteiger partial charge is 0.465 e. The van der Waals surface area contributed by atoms with Gasteiger partial charge < -0.3 is 4.74 Å². The SMILES string of the molecule is CCOC(=O)[C@@H](CC(C)C)NS(=O)(=O)c1ccc(C)cc1. The molecule has 0 aliphatic rings. The van der Waals surface area contributed by atoms with Gasteiger partial charge in [0.25, 0.3) is 0 Å². The van der Waals surface area contributed by atoms with E-state index in [1.54, 1.807) is 19.1 Å². The molecule has 5 nitrogen and oxygen atoms in total. The third-order valence-corrected chi connectivity index (χ3v) is 4.39. The molecule has 1 aromatic rings. The first kappa shape index (κ1) is 17.7. The molecule has 0 aromatic heterocycles. The molecule has 1 N–H and O–H groups in total. The maximum Gasteiger partial charge on any atom is 0.324 e. The standard InChI is InChI=1S/C15H23NO4S/c1-5-20-15(17)14(10-11(2)3)16-21(18,19)13-8-6-12(4)7-9-13/h6-9,11,14,16H,5,10H2,1-4H3/t14-/m1/s1. The normalized spacial score (nSPS) is 13.2. The minimum atomic E-state index is -3.74. The van der Waals surface area contributed by atoms with E-state index in [2.05, 4.69) is 4.72 Å². The maximum absolute atomic E-state index is 12.3. The van der Waals surface area contributed by atoms with E-state index >= 15 is 0 Å². The molecule has 1 atom stereocenters. The van der Waals surface area contributed by atoms with Crippen LogP contribution < -0.4 is 4.72 Å². The Labute approximate surface area is 126 Å². The monoisotopic (exact) mass is 313 g/mol. The number of carbonyl (C=O) groups excluding carboxylic acids is 1. The van der Waals surface area contributed by atoms with Gasteiger partial charge in [0.15, 0.2) is 0 Å². The van der Waals surface area contributed by atoms with Gasteiger partial charge in [-0.25, -0.2) is 8.42 Å². The summed E-state index contributed by atoms with van der Waals surface area (Å²) in [5.74, 6) is -0.373. The molecule has 21 heavy (non-hydrogen) atoms. The van der Waals surface area contributed by atoms with E-state index in [4.69, 9.17) is 4.74 Å². The van der Waals surface area contributed by atoms with Gasteiger partial charge in [0.1, 0.15) is 6.04 Å². The highest BCUT2D eigenvalue weighted by Crippen LogP contribution is 2.14. The second kappa shape index (κ2) is 7.56. The number of esters is 1. The van der Waals surface area contributed by atoms with Crippen molar-refractivity contribution in [3.8, 4) is 0 Å². The fraction of sp³-hybridized carbons (Fsp3) is 0.533. The summed E-state index contributed by atoms with van der Waals surface area (Å²) in [4.78, 5) is 12.0. The quantitative estimate of drug-likeness (QED) is 0.784. The zero-order chi connectivity index (χ0) is 16.0. The van der Waals surface area contributed by atoms with Gasteiger partial charge in [0, 0.05) is 0 Å². The molecule has 0 saturated heterocycles. The number of ether oxygens (including phenoxy) is 1. The molecule has 0 heterocycles. The van der Waals surface area contributed by atoms with Gasteiger partial charge >= 0.3 is 5.97 Å². The van der Waals surface area contributed by atoms with Crippen molar-refractivity contribution >= 4 is 16.0 Å². The Kier molecular flexibility index (Phi) is 6.36. The molecule has 1 aromatic carbocycles. The van der Waals surface area contributed by atoms with Crippen molar-refractivity contribution in [1.29, 1.82) is 0 Å². The maximum atomic E-state index is 12.3. The topological polar surface area (TPSA) is 72.5 Å². The summed E-state index contributed by atoms with van der Waals surface area (Å²) in [5.41, 5.74) is 0.970. The summed E-state index contributed by atoms with van der Waals surface area (Å²) in [5, 5.41) is 0. The van der Waals surface area contributed by atoms with Crippen LogP contribution in [0.1, 0.15) is 32.8 Å². The average molecular weight is 313 g/mol. The number of rotatable bonds is 7. The summed E-state index contributed by atoms with van der Waals surface area (Å²) >= 11 is 0. The predicted molar refractivity (Wildman–Crippen MR) is 81.4 cm³/mol. The number of aryl methyl sites for hydroxylation is 1. The van der Waals surface area contributed by atoms with E-state index in [9.17, 15) is 13.2 Å². The second-order valence-corrected chi connectivity index (χ2v) is 7.08. The molecule has 0 saturated carbocycles. The minimum absolute atomic E-state index is 0.145. The van der Waals surface area contributed by atoms with Crippen LogP contribution in [0.4, 0.5) is 0 Å². The van der Waals surface area contributed by atoms with Gasteiger partial charge in [-0.3, -0.25) is 4.79 Å². The van der Waals surface area contributed by atoms with Crippen molar-refractivity contribution in [3.05, 3.63) is 29.8 Å². The van der Waals surface area contributed by atoms with E-state index in [0.29, 0.717) is 6.42 Å². The molecule has 118 valence electrons. The molecular weight excluding hydrogens is 290 g/mol. The molecule has 0 radical (unpaired) electrons. The van der Waals surface area contributed by atoms with Crippen molar-refractivity contribution in [2.45, 2.75) is 45.1 Å². The van der Waals surface area contributed by atoms with Gasteiger partial charge in [-0.2, -0.15) is 4.72 Å². The Morgan fingerprint density at radius 2 is 1.81 bits per heavy atom. The lowest BCUT2D eigenvalue weighted by molar-refractivity contribution is -0.145. The Morgan fingerprint density at radius 1 is 1.24 bits per heavy atom. The molecule has 0 aliphatic heterocycles. The Hall–Kier alpha value is -1.40. The second-order valence-electron chi connectivity index (χ2n) is 5.37. The van der Waals surface area contributed by atoms with E-state index in [0.717, 1.165) is 5.56 Å². The van der Waals surface area contributed by atoms with E-state index in [1.165, 1.54) is 12.1 Å². The summed E-state index contributed by atoms with van der Waals surface area (Å²) in [6.07, 6.45) is 0.393. The van der Waals surface area contributed by atoms with Crippen molar-refractivity contribution in [1.82, 2.24) is 4.72 Å². The van der Waals surface area contributed by atoms with Crippen molar-refractivity contribution in [3.63, 3.8) is 0 Å². The highest BCUT2D eigenvalue weighted by atomic mass is 32.2. The fourth-order valence-corrected chi connectivity index (χ4v) is 3.08. The Bertz CT molecular complexity index is 564. The van der Waals surface area contributed by atoms with Crippen LogP contribution >= 0.6 is 0 Å². The van der Waals surface area contributed by atoms with Crippen LogP contribution in [0, 0.1) is 12.8 Å². The first-order chi connectivity index (χ1) is 9.76. The Balaban J connectivity index is 2.95. The lowest BCUT2D eigenvalue weighted by Gasteiger charge is -2.19.